The van der Waals surface area contributed by atoms with E-state index in [0.29, 0.717) is 32.8 Å². The van der Waals surface area contributed by atoms with Gasteiger partial charge in [-0.05, 0) is 30.1 Å². The van der Waals surface area contributed by atoms with Crippen molar-refractivity contribution in [1.82, 2.24) is 14.9 Å². The monoisotopic (exact) mass is 445 g/mol. The van der Waals surface area contributed by atoms with Crippen molar-refractivity contribution in [2.45, 2.75) is 64.0 Å². The predicted molar refractivity (Wildman–Crippen MR) is 121 cm³/mol. The Morgan fingerprint density at radius 3 is 2.48 bits per heavy atom. The van der Waals surface area contributed by atoms with E-state index in [0.717, 1.165) is 12.0 Å². The van der Waals surface area contributed by atoms with E-state index in [2.05, 4.69) is 33.9 Å². The quantitative estimate of drug-likeness (QED) is 0.603. The number of fused-ring (bicyclic) bond motifs is 4. The van der Waals surface area contributed by atoms with E-state index in [4.69, 9.17) is 9.26 Å². The minimum absolute atomic E-state index is 0.00805. The minimum Gasteiger partial charge on any atom is -0.415 e. The first-order valence-electron chi connectivity index (χ1n) is 11.3. The molecule has 3 aliphatic heterocycles. The fraction of sp³-hybridized carbons (Fsp3) is 0.652. The van der Waals surface area contributed by atoms with Gasteiger partial charge in [0.1, 0.15) is 12.6 Å². The number of piperidine rings is 1. The smallest absolute Gasteiger partial charge is 0.345 e. The largest absolute Gasteiger partial charge is 0.415 e. The topological polar surface area (TPSA) is 62.3 Å². The van der Waals surface area contributed by atoms with Gasteiger partial charge in [-0.15, -0.1) is 0 Å². The first-order chi connectivity index (χ1) is 14.6. The lowest BCUT2D eigenvalue weighted by Crippen LogP contribution is -2.48. The standard InChI is InChI=1S/C23H35N3O4Si/c1-23(2,3)31(4,5)30-12-11-24-14-18-13-19-15-25(20(18)21(24)27)22(28)26(19)29-16-17-9-7-6-8-10-17/h6-10,18-20H,11-16H2,1-5H3/t18-,19+,20-/m0/s1. The highest BCUT2D eigenvalue weighted by Crippen LogP contribution is 2.39. The normalized spacial score (nSPS) is 26.1. The number of hydrogen-bond donors (Lipinski definition) is 0. The zero-order valence-corrected chi connectivity index (χ0v) is 20.3. The van der Waals surface area contributed by atoms with E-state index < -0.39 is 8.32 Å². The van der Waals surface area contributed by atoms with Crippen LogP contribution < -0.4 is 0 Å². The Hall–Kier alpha value is -1.90. The van der Waals surface area contributed by atoms with Gasteiger partial charge >= 0.3 is 6.03 Å². The maximum atomic E-state index is 13.1. The number of rotatable bonds is 7. The summed E-state index contributed by atoms with van der Waals surface area (Å²) in [6.45, 7) is 13.9. The Bertz CT molecular complexity index is 826. The number of carbonyl (C=O) groups is 2. The van der Waals surface area contributed by atoms with Crippen LogP contribution in [-0.2, 0) is 20.7 Å². The number of nitrogens with zero attached hydrogens (tertiary/aromatic N) is 3. The van der Waals surface area contributed by atoms with E-state index in [9.17, 15) is 9.59 Å². The molecule has 170 valence electrons. The van der Waals surface area contributed by atoms with E-state index >= 15 is 0 Å². The Morgan fingerprint density at radius 2 is 1.81 bits per heavy atom. The molecule has 3 aliphatic rings. The molecule has 0 radical (unpaired) electrons. The first-order valence-corrected chi connectivity index (χ1v) is 14.2. The van der Waals surface area contributed by atoms with Gasteiger partial charge in [0.2, 0.25) is 5.91 Å². The van der Waals surface area contributed by atoms with Crippen LogP contribution in [0.4, 0.5) is 4.79 Å². The molecule has 0 spiro atoms. The molecule has 1 aromatic rings. The van der Waals surface area contributed by atoms with Crippen molar-refractivity contribution in [2.75, 3.05) is 26.2 Å². The van der Waals surface area contributed by atoms with Gasteiger partial charge in [-0.25, -0.2) is 4.79 Å². The van der Waals surface area contributed by atoms with Gasteiger partial charge in [0.05, 0.1) is 12.6 Å². The SMILES string of the molecule is CC(C)(C)[Si](C)(C)OCCN1C[C@@H]2C[C@@H]3CN(C(=O)N3OCc3ccccc3)[C@@H]2C1=O. The van der Waals surface area contributed by atoms with Gasteiger partial charge in [-0.2, -0.15) is 5.06 Å². The number of hydrogen-bond acceptors (Lipinski definition) is 4. The van der Waals surface area contributed by atoms with Crippen LogP contribution in [-0.4, -0.2) is 73.4 Å². The Morgan fingerprint density at radius 1 is 1.10 bits per heavy atom. The molecule has 1 aromatic carbocycles. The van der Waals surface area contributed by atoms with Crippen LogP contribution in [0.25, 0.3) is 0 Å². The van der Waals surface area contributed by atoms with Crippen molar-refractivity contribution in [1.29, 1.82) is 0 Å². The molecule has 8 heteroatoms. The molecule has 2 bridgehead atoms. The average molecular weight is 446 g/mol. The zero-order chi connectivity index (χ0) is 22.4. The van der Waals surface area contributed by atoms with Crippen molar-refractivity contribution in [3.05, 3.63) is 35.9 Å². The first kappa shape index (κ1) is 22.3. The minimum atomic E-state index is -1.83. The second kappa shape index (κ2) is 8.22. The van der Waals surface area contributed by atoms with Crippen LogP contribution in [0.2, 0.25) is 18.1 Å². The van der Waals surface area contributed by atoms with E-state index in [1.165, 1.54) is 5.06 Å². The lowest BCUT2D eigenvalue weighted by atomic mass is 9.90. The molecule has 0 saturated carbocycles. The summed E-state index contributed by atoms with van der Waals surface area (Å²) in [7, 11) is -1.83. The third-order valence-corrected chi connectivity index (χ3v) is 11.9. The third-order valence-electron chi connectivity index (χ3n) is 7.39. The average Bonchev–Trinajstić information content (AvgIpc) is 3.15. The molecule has 0 N–H and O–H groups in total. The molecule has 3 heterocycles. The molecular weight excluding hydrogens is 410 g/mol. The van der Waals surface area contributed by atoms with E-state index in [-0.39, 0.29) is 35.0 Å². The van der Waals surface area contributed by atoms with Crippen molar-refractivity contribution in [3.63, 3.8) is 0 Å². The molecule has 0 unspecified atom stereocenters. The van der Waals surface area contributed by atoms with E-state index in [1.54, 1.807) is 4.90 Å². The summed E-state index contributed by atoms with van der Waals surface area (Å²) >= 11 is 0. The lowest BCUT2D eigenvalue weighted by Gasteiger charge is -2.36. The summed E-state index contributed by atoms with van der Waals surface area (Å²) in [4.78, 5) is 35.6. The fourth-order valence-electron chi connectivity index (χ4n) is 4.58. The van der Waals surface area contributed by atoms with Crippen molar-refractivity contribution in [3.8, 4) is 0 Å². The molecule has 31 heavy (non-hydrogen) atoms. The Labute approximate surface area is 186 Å². The molecule has 0 aliphatic carbocycles. The molecule has 3 atom stereocenters. The third kappa shape index (κ3) is 4.25. The highest BCUT2D eigenvalue weighted by Gasteiger charge is 2.56. The number of carbonyl (C=O) groups excluding carboxylic acids is 2. The molecule has 7 nitrogen and oxygen atoms in total. The van der Waals surface area contributed by atoms with Crippen molar-refractivity contribution >= 4 is 20.3 Å². The Balaban J connectivity index is 1.34. The summed E-state index contributed by atoms with van der Waals surface area (Å²) in [6, 6.07) is 9.30. The molecule has 3 amide bonds. The predicted octanol–water partition coefficient (Wildman–Crippen LogP) is 3.48. The van der Waals surface area contributed by atoms with Gasteiger partial charge in [-0.1, -0.05) is 51.1 Å². The van der Waals surface area contributed by atoms with Gasteiger partial charge in [0, 0.05) is 25.6 Å². The number of likely N-dealkylation sites (tertiary alicyclic amines) is 1. The van der Waals surface area contributed by atoms with Gasteiger partial charge in [0.25, 0.3) is 0 Å². The summed E-state index contributed by atoms with van der Waals surface area (Å²) in [5.74, 6) is 0.217. The number of amides is 3. The van der Waals surface area contributed by atoms with Crippen LogP contribution in [0, 0.1) is 5.92 Å². The number of urea groups is 1. The molecular formula is C23H35N3O4Si. The second-order valence-corrected chi connectivity index (χ2v) is 15.3. The zero-order valence-electron chi connectivity index (χ0n) is 19.3. The number of benzene rings is 1. The van der Waals surface area contributed by atoms with Crippen LogP contribution >= 0.6 is 0 Å². The highest BCUT2D eigenvalue weighted by atomic mass is 28.4. The summed E-state index contributed by atoms with van der Waals surface area (Å²) in [5.41, 5.74) is 1.02. The van der Waals surface area contributed by atoms with Crippen LogP contribution in [0.15, 0.2) is 30.3 Å². The van der Waals surface area contributed by atoms with Gasteiger partial charge < -0.3 is 14.2 Å². The second-order valence-electron chi connectivity index (χ2n) is 10.5. The lowest BCUT2D eigenvalue weighted by molar-refractivity contribution is -0.142. The number of hydroxylamine groups is 2. The molecule has 4 rings (SSSR count). The van der Waals surface area contributed by atoms with E-state index in [1.807, 2.05) is 35.2 Å². The maximum Gasteiger partial charge on any atom is 0.345 e. The highest BCUT2D eigenvalue weighted by molar-refractivity contribution is 6.74. The summed E-state index contributed by atoms with van der Waals surface area (Å²) in [5, 5.41) is 1.65. The molecule has 0 aromatic heterocycles. The molecule has 3 fully saturated rings. The molecule has 3 saturated heterocycles. The van der Waals surface area contributed by atoms with Gasteiger partial charge in [0.15, 0.2) is 8.32 Å². The maximum absolute atomic E-state index is 13.1. The van der Waals surface area contributed by atoms with Gasteiger partial charge in [-0.3, -0.25) is 9.63 Å². The van der Waals surface area contributed by atoms with Crippen LogP contribution in [0.1, 0.15) is 32.8 Å². The fourth-order valence-corrected chi connectivity index (χ4v) is 5.61. The Kier molecular flexibility index (Phi) is 5.91. The summed E-state index contributed by atoms with van der Waals surface area (Å²) < 4.78 is 6.27. The van der Waals surface area contributed by atoms with Crippen molar-refractivity contribution < 1.29 is 18.9 Å². The summed E-state index contributed by atoms with van der Waals surface area (Å²) in [6.07, 6.45) is 0.799. The van der Waals surface area contributed by atoms with Crippen LogP contribution in [0.5, 0.6) is 0 Å². The van der Waals surface area contributed by atoms with Crippen molar-refractivity contribution in [2.24, 2.45) is 5.92 Å². The van der Waals surface area contributed by atoms with Crippen LogP contribution in [0.3, 0.4) is 0 Å².